The van der Waals surface area contributed by atoms with Crippen molar-refractivity contribution in [3.8, 4) is 39.1 Å². The normalized spacial score (nSPS) is 13.6. The lowest BCUT2D eigenvalue weighted by Gasteiger charge is -2.23. The Morgan fingerprint density at radius 3 is 1.21 bits per heavy atom. The number of carbonyl (C=O) groups excluding carboxylic acids is 7. The minimum absolute atomic E-state index is 0. The van der Waals surface area contributed by atoms with Crippen LogP contribution in [0.5, 0.6) is 5.75 Å². The van der Waals surface area contributed by atoms with E-state index in [-0.39, 0.29) is 108 Å². The molecule has 15 rings (SSSR count). The molecule has 2 aliphatic rings. The van der Waals surface area contributed by atoms with E-state index in [0.717, 1.165) is 71.7 Å². The van der Waals surface area contributed by atoms with Crippen LogP contribution in [-0.2, 0) is 68.7 Å². The number of hydrogen-bond acceptors (Lipinski definition) is 21. The number of primary amides is 4. The second-order valence-corrected chi connectivity index (χ2v) is 35.3. The molecule has 1 fully saturated rings. The van der Waals surface area contributed by atoms with E-state index in [0.29, 0.717) is 92.8 Å². The van der Waals surface area contributed by atoms with Gasteiger partial charge in [-0.05, 0) is 250 Å². The van der Waals surface area contributed by atoms with Gasteiger partial charge in [0.05, 0.1) is 74.4 Å². The zero-order chi connectivity index (χ0) is 104. The number of alkyl halides is 3. The molecule has 5 amide bonds. The lowest BCUT2D eigenvalue weighted by Crippen LogP contribution is -2.34. The summed E-state index contributed by atoms with van der Waals surface area (Å²) in [6.45, 7) is 9.97. The van der Waals surface area contributed by atoms with Crippen molar-refractivity contribution in [2.75, 3.05) is 0 Å². The molecule has 1 radical (unpaired) electrons. The molecule has 0 aliphatic heterocycles. The molecule has 5 aromatic heterocycles. The Balaban J connectivity index is 0.000000191. The number of hydrogen-bond donors (Lipinski definition) is 7. The van der Waals surface area contributed by atoms with Gasteiger partial charge < -0.3 is 53.1 Å². The number of halogens is 16. The fourth-order valence-corrected chi connectivity index (χ4v) is 16.1. The monoisotopic (exact) mass is 2050 g/mol. The molecule has 2 aliphatic carbocycles. The molecular formula is C99H90BBrF15N16O11. The highest BCUT2D eigenvalue weighted by Crippen LogP contribution is 2.59. The highest BCUT2D eigenvalue weighted by molar-refractivity contribution is 9.10. The van der Waals surface area contributed by atoms with Gasteiger partial charge >= 0.3 is 25.8 Å². The molecular weight excluding hydrogens is 1960 g/mol. The Hall–Kier alpha value is -15.2. The fraction of sp³-hybridized carbons (Fsp3) is 0.253. The maximum Gasteiger partial charge on any atom is 0.569 e. The molecule has 143 heavy (non-hydrogen) atoms. The van der Waals surface area contributed by atoms with E-state index in [1.807, 2.05) is 0 Å². The number of rotatable bonds is 28. The SMILES string of the molecule is C.CC(C)(C)OC(=O)C[C@@H](Cc1cc(F)cc(F)c1)c1ncncc1-c1ccc(F)c(C(N)=O)c1.CC(C)(C)OC(=O)C[C@@H](Cc1cc(F)cc(F)c1)c1ncncc1Br.NC(=O)c1cc(-c2cncnc2[C@@H](N)Cc2cc(F)cc(F)c2)ccc1F.NC(=O)c1cc(-c2cncnc2[C@H](Cc2cc(F)cc(F)c2)NC(=O)Cn2nc(C(F)(F)F)c3c2CC2CC32)ccc1F.NC(=O)c1cc(O[B]O)ccc1F. The second-order valence-electron chi connectivity index (χ2n) is 34.4. The maximum absolute atomic E-state index is 14.2. The summed E-state index contributed by atoms with van der Waals surface area (Å²) in [5, 5.41) is 14.7. The molecule has 747 valence electrons. The quantitative estimate of drug-likeness (QED) is 0.0136. The number of benzene rings is 8. The van der Waals surface area contributed by atoms with Crippen LogP contribution in [-0.4, -0.2) is 115 Å². The van der Waals surface area contributed by atoms with E-state index in [2.05, 4.69) is 70.9 Å². The number of fused-ring (bicyclic) bond motifs is 3. The van der Waals surface area contributed by atoms with Crippen LogP contribution in [0.2, 0.25) is 0 Å². The van der Waals surface area contributed by atoms with Gasteiger partial charge in [-0.15, -0.1) is 0 Å². The van der Waals surface area contributed by atoms with Crippen molar-refractivity contribution in [3.63, 3.8) is 0 Å². The third-order valence-electron chi connectivity index (χ3n) is 21.4. The predicted molar refractivity (Wildman–Crippen MR) is 494 cm³/mol. The Kier molecular flexibility index (Phi) is 36.7. The Morgan fingerprint density at radius 2 is 0.818 bits per heavy atom. The average molecular weight is 2060 g/mol. The van der Waals surface area contributed by atoms with Crippen LogP contribution in [0.25, 0.3) is 33.4 Å². The number of amides is 5. The van der Waals surface area contributed by atoms with Crippen molar-refractivity contribution >= 4 is 65.1 Å². The van der Waals surface area contributed by atoms with Crippen molar-refractivity contribution in [3.05, 3.63) is 354 Å². The van der Waals surface area contributed by atoms with Crippen molar-refractivity contribution in [2.45, 2.75) is 154 Å². The van der Waals surface area contributed by atoms with Gasteiger partial charge in [0.2, 0.25) is 5.91 Å². The molecule has 13 aromatic rings. The first-order valence-electron chi connectivity index (χ1n) is 42.8. The Labute approximate surface area is 816 Å². The van der Waals surface area contributed by atoms with E-state index in [1.54, 1.807) is 47.7 Å². The lowest BCUT2D eigenvalue weighted by molar-refractivity contribution is -0.156. The van der Waals surface area contributed by atoms with Crippen LogP contribution in [0.15, 0.2) is 200 Å². The highest BCUT2D eigenvalue weighted by Gasteiger charge is 2.54. The van der Waals surface area contributed by atoms with Crippen LogP contribution in [0.4, 0.5) is 65.9 Å². The average Bonchev–Trinajstić information content (AvgIpc) is 1.55. The fourth-order valence-electron chi connectivity index (χ4n) is 15.6. The first-order chi connectivity index (χ1) is 66.9. The second kappa shape index (κ2) is 47.8. The minimum atomic E-state index is -4.68. The first-order valence-corrected chi connectivity index (χ1v) is 43.6. The third kappa shape index (κ3) is 30.7. The van der Waals surface area contributed by atoms with Gasteiger partial charge in [-0.25, -0.2) is 92.6 Å². The van der Waals surface area contributed by atoms with E-state index >= 15 is 0 Å². The van der Waals surface area contributed by atoms with Crippen molar-refractivity contribution in [1.29, 1.82) is 0 Å². The summed E-state index contributed by atoms with van der Waals surface area (Å²) in [5.41, 5.74) is 28.6. The minimum Gasteiger partial charge on any atom is -0.537 e. The lowest BCUT2D eigenvalue weighted by atomic mass is 9.88. The number of nitrogens with two attached hydrogens (primary N) is 5. The molecule has 44 heteroatoms. The van der Waals surface area contributed by atoms with Gasteiger partial charge in [0, 0.05) is 88.8 Å². The van der Waals surface area contributed by atoms with Gasteiger partial charge in [0.15, 0.2) is 5.69 Å². The first kappa shape index (κ1) is 110. The molecule has 6 atom stereocenters. The smallest absolute Gasteiger partial charge is 0.537 e. The predicted octanol–water partition coefficient (Wildman–Crippen LogP) is 17.3. The molecule has 12 N–H and O–H groups in total. The molecule has 5 heterocycles. The van der Waals surface area contributed by atoms with Crippen LogP contribution in [0, 0.1) is 75.7 Å². The van der Waals surface area contributed by atoms with E-state index in [4.69, 9.17) is 43.2 Å². The van der Waals surface area contributed by atoms with Crippen LogP contribution in [0.3, 0.4) is 0 Å². The van der Waals surface area contributed by atoms with Gasteiger partial charge in [-0.3, -0.25) is 38.2 Å². The molecule has 0 spiro atoms. The van der Waals surface area contributed by atoms with Crippen molar-refractivity contribution in [2.24, 2.45) is 34.6 Å². The van der Waals surface area contributed by atoms with Crippen LogP contribution >= 0.6 is 15.9 Å². The van der Waals surface area contributed by atoms with Gasteiger partial charge in [-0.2, -0.15) is 18.3 Å². The molecule has 1 saturated carbocycles. The van der Waals surface area contributed by atoms with Gasteiger partial charge in [0.25, 0.3) is 23.6 Å². The zero-order valence-electron chi connectivity index (χ0n) is 75.8. The molecule has 8 aromatic carbocycles. The molecule has 27 nitrogen and oxygen atoms in total. The van der Waals surface area contributed by atoms with Crippen molar-refractivity contribution in [1.82, 2.24) is 55.0 Å². The molecule has 0 bridgehead atoms. The van der Waals surface area contributed by atoms with Crippen LogP contribution < -0.4 is 38.6 Å². The summed E-state index contributed by atoms with van der Waals surface area (Å²) < 4.78 is 223. The number of nitrogens with zero attached hydrogens (tertiary/aromatic N) is 10. The zero-order valence-corrected chi connectivity index (χ0v) is 77.4. The number of aromatic nitrogens is 10. The summed E-state index contributed by atoms with van der Waals surface area (Å²) in [4.78, 5) is 117. The third-order valence-corrected chi connectivity index (χ3v) is 22.0. The van der Waals surface area contributed by atoms with E-state index in [1.165, 1.54) is 116 Å². The summed E-state index contributed by atoms with van der Waals surface area (Å²) in [5.74, 6) is -15.6. The Bertz CT molecular complexity index is 6800. The topological polar surface area (TPSA) is 430 Å². The number of nitrogens with one attached hydrogen (secondary N) is 1. The molecule has 0 saturated heterocycles. The number of esters is 2. The molecule has 2 unspecified atom stereocenters. The highest BCUT2D eigenvalue weighted by atomic mass is 79.9. The van der Waals surface area contributed by atoms with E-state index in [9.17, 15) is 99.4 Å². The largest absolute Gasteiger partial charge is 0.569 e. The summed E-state index contributed by atoms with van der Waals surface area (Å²) in [7, 11) is 0.429. The van der Waals surface area contributed by atoms with Crippen LogP contribution in [0.1, 0.15) is 201 Å². The number of carbonyl (C=O) groups is 7. The summed E-state index contributed by atoms with van der Waals surface area (Å²) >= 11 is 3.37. The van der Waals surface area contributed by atoms with Gasteiger partial charge in [-0.1, -0.05) is 25.6 Å². The van der Waals surface area contributed by atoms with Crippen molar-refractivity contribution < 1.29 is 119 Å². The van der Waals surface area contributed by atoms with Gasteiger partial charge in [0.1, 0.15) is 119 Å². The summed E-state index contributed by atoms with van der Waals surface area (Å²) in [6.07, 6.45) is 7.36. The van der Waals surface area contributed by atoms with E-state index < -0.39 is 170 Å². The maximum atomic E-state index is 14.2. The standard InChI is InChI=1S/C29H22F6N6O2.C25H24F3N3O3.C19H15F3N4O.C18H19BrF2N2O2.C7H6BFNO3.CH4/c30-16-3-13(4-17(31)9-16)5-22(26-20(10-37-12-38-26)14-1-2-21(32)19(6-14)28(36)43)39-24(42)11-41-23-8-15-7-18(15)25(23)27(40-41)29(33,34)35;1-25(2,3)34-22(32)10-16(6-14-7-17(26)11-18(27)8-14)23-20(12-30-13-31-23)15-4-5-21(28)19(9-15)24(29)33;20-12-3-10(4-13(21)7-12)5-17(23)18-15(8-25-9-26-18)11-1-2-16(22)14(6-11)19(24)27;1-18(2,3)25-16(24)7-12(17-15(19)9-22-10-23-17)4-11-5-13(20)8-14(21)6-11;9-6-2-1-4(13-8-12)3-5(6)7(10)11;/h1-4,6,9-10,12,15,18,22H,5,7-8,11H2,(H2,36,43)(H,39,42);4-5,7-9,11-13,16H,6,10H2,1-3H3,(H2,29,33);1-4,6-9,17H,5,23H2,(H2,24,27);5-6,8-10,12H,4,7H2,1-3H3;1-3,12H,(H2,10,11);1H4/t15?,18?,22-;16-;17-;12-;;/m0101../s1. The Morgan fingerprint density at radius 1 is 0.469 bits per heavy atom. The number of ether oxygens (including phenoxy) is 2. The summed E-state index contributed by atoms with van der Waals surface area (Å²) in [6, 6.07) is 25.1.